The fourth-order valence-electron chi connectivity index (χ4n) is 2.42. The number of hydrogen-bond donors (Lipinski definition) is 2. The summed E-state index contributed by atoms with van der Waals surface area (Å²) in [4.78, 5) is 0. The van der Waals surface area contributed by atoms with E-state index in [4.69, 9.17) is 21.1 Å². The fourth-order valence-corrected chi connectivity index (χ4v) is 3.06. The van der Waals surface area contributed by atoms with E-state index in [1.165, 1.54) is 0 Å². The first kappa shape index (κ1) is 20.0. The van der Waals surface area contributed by atoms with Crippen LogP contribution in [0.3, 0.4) is 0 Å². The zero-order valence-electron chi connectivity index (χ0n) is 14.4. The standard InChI is InChI=1S/C19H23BrClNO3/c1-3-14(11-23)22-10-15-16(20)8-9-18(24-2)19(15)25-12-13-6-4-5-7-17(13)21/h4-9,14,22-23H,3,10-12H2,1-2H3. The first-order chi connectivity index (χ1) is 12.1. The molecule has 2 aromatic rings. The summed E-state index contributed by atoms with van der Waals surface area (Å²) < 4.78 is 12.4. The first-order valence-electron chi connectivity index (χ1n) is 8.16. The first-order valence-corrected chi connectivity index (χ1v) is 9.33. The lowest BCUT2D eigenvalue weighted by molar-refractivity contribution is 0.236. The van der Waals surface area contributed by atoms with Crippen LogP contribution < -0.4 is 14.8 Å². The maximum absolute atomic E-state index is 9.38. The number of aliphatic hydroxyl groups is 1. The van der Waals surface area contributed by atoms with Gasteiger partial charge in [0.15, 0.2) is 11.5 Å². The van der Waals surface area contributed by atoms with Gasteiger partial charge in [-0.2, -0.15) is 0 Å². The van der Waals surface area contributed by atoms with Crippen molar-refractivity contribution >= 4 is 27.5 Å². The largest absolute Gasteiger partial charge is 0.493 e. The number of benzene rings is 2. The maximum atomic E-state index is 9.38. The molecular formula is C19H23BrClNO3. The molecule has 0 fully saturated rings. The Morgan fingerprint density at radius 1 is 1.24 bits per heavy atom. The number of hydrogen-bond acceptors (Lipinski definition) is 4. The van der Waals surface area contributed by atoms with Crippen molar-refractivity contribution in [1.29, 1.82) is 0 Å². The zero-order chi connectivity index (χ0) is 18.2. The van der Waals surface area contributed by atoms with Gasteiger partial charge in [-0.25, -0.2) is 0 Å². The Hall–Kier alpha value is -1.27. The lowest BCUT2D eigenvalue weighted by Gasteiger charge is -2.20. The van der Waals surface area contributed by atoms with E-state index in [1.54, 1.807) is 7.11 Å². The maximum Gasteiger partial charge on any atom is 0.167 e. The minimum absolute atomic E-state index is 0.0366. The van der Waals surface area contributed by atoms with Crippen LogP contribution in [-0.4, -0.2) is 24.9 Å². The van der Waals surface area contributed by atoms with E-state index in [1.807, 2.05) is 43.3 Å². The summed E-state index contributed by atoms with van der Waals surface area (Å²) in [5, 5.41) is 13.4. The van der Waals surface area contributed by atoms with Gasteiger partial charge < -0.3 is 19.9 Å². The second-order valence-electron chi connectivity index (χ2n) is 5.61. The quantitative estimate of drug-likeness (QED) is 0.615. The van der Waals surface area contributed by atoms with Crippen LogP contribution in [0.15, 0.2) is 40.9 Å². The van der Waals surface area contributed by atoms with Gasteiger partial charge in [0.25, 0.3) is 0 Å². The summed E-state index contributed by atoms with van der Waals surface area (Å²) in [6.07, 6.45) is 0.841. The van der Waals surface area contributed by atoms with Crippen molar-refractivity contribution in [3.8, 4) is 11.5 Å². The molecule has 0 bridgehead atoms. The normalized spacial score (nSPS) is 12.0. The molecule has 0 saturated heterocycles. The summed E-state index contributed by atoms with van der Waals surface area (Å²) in [5.74, 6) is 1.32. The molecule has 0 aliphatic rings. The van der Waals surface area contributed by atoms with Crippen LogP contribution in [-0.2, 0) is 13.2 Å². The molecule has 2 rings (SSSR count). The summed E-state index contributed by atoms with van der Waals surface area (Å²) in [5.41, 5.74) is 1.85. The van der Waals surface area contributed by atoms with Crippen LogP contribution in [0, 0.1) is 0 Å². The molecule has 0 spiro atoms. The molecule has 0 aromatic heterocycles. The summed E-state index contributed by atoms with van der Waals surface area (Å²) in [6.45, 7) is 3.02. The highest BCUT2D eigenvalue weighted by molar-refractivity contribution is 9.10. The molecule has 0 aliphatic carbocycles. The SMILES string of the molecule is CCC(CO)NCc1c(Br)ccc(OC)c1OCc1ccccc1Cl. The van der Waals surface area contributed by atoms with E-state index in [9.17, 15) is 5.11 Å². The Morgan fingerprint density at radius 3 is 2.64 bits per heavy atom. The molecule has 0 heterocycles. The highest BCUT2D eigenvalue weighted by Gasteiger charge is 2.16. The van der Waals surface area contributed by atoms with Crippen molar-refractivity contribution in [3.05, 3.63) is 57.0 Å². The van der Waals surface area contributed by atoms with Crippen LogP contribution in [0.1, 0.15) is 24.5 Å². The van der Waals surface area contributed by atoms with Crippen LogP contribution in [0.25, 0.3) is 0 Å². The van der Waals surface area contributed by atoms with Gasteiger partial charge in [-0.3, -0.25) is 0 Å². The van der Waals surface area contributed by atoms with Crippen LogP contribution >= 0.6 is 27.5 Å². The molecular weight excluding hydrogens is 406 g/mol. The minimum Gasteiger partial charge on any atom is -0.493 e. The zero-order valence-corrected chi connectivity index (χ0v) is 16.7. The number of nitrogens with one attached hydrogen (secondary N) is 1. The molecule has 1 unspecified atom stereocenters. The van der Waals surface area contributed by atoms with E-state index in [-0.39, 0.29) is 12.6 Å². The molecule has 0 amide bonds. The van der Waals surface area contributed by atoms with Crippen molar-refractivity contribution in [3.63, 3.8) is 0 Å². The fraction of sp³-hybridized carbons (Fsp3) is 0.368. The number of ether oxygens (including phenoxy) is 2. The molecule has 4 nitrogen and oxygen atoms in total. The Kier molecular flexibility index (Phi) is 8.03. The average Bonchev–Trinajstić information content (AvgIpc) is 2.63. The van der Waals surface area contributed by atoms with Crippen LogP contribution in [0.2, 0.25) is 5.02 Å². The lowest BCUT2D eigenvalue weighted by Crippen LogP contribution is -2.31. The molecule has 0 radical (unpaired) electrons. The third-order valence-electron chi connectivity index (χ3n) is 4.00. The smallest absolute Gasteiger partial charge is 0.167 e. The molecule has 6 heteroatoms. The van der Waals surface area contributed by atoms with Gasteiger partial charge in [0.1, 0.15) is 6.61 Å². The van der Waals surface area contributed by atoms with Gasteiger partial charge in [-0.15, -0.1) is 0 Å². The third-order valence-corrected chi connectivity index (χ3v) is 5.11. The van der Waals surface area contributed by atoms with E-state index in [0.29, 0.717) is 29.7 Å². The van der Waals surface area contributed by atoms with Gasteiger partial charge in [0.2, 0.25) is 0 Å². The molecule has 0 aliphatic heterocycles. The predicted octanol–water partition coefficient (Wildman–Crippen LogP) is 4.55. The molecule has 2 N–H and O–H groups in total. The second-order valence-corrected chi connectivity index (χ2v) is 6.87. The Labute approximate surface area is 162 Å². The van der Waals surface area contributed by atoms with Crippen molar-refractivity contribution in [2.75, 3.05) is 13.7 Å². The molecule has 25 heavy (non-hydrogen) atoms. The summed E-state index contributed by atoms with van der Waals surface area (Å²) >= 11 is 9.80. The number of aliphatic hydroxyl groups excluding tert-OH is 1. The Balaban J connectivity index is 2.24. The summed E-state index contributed by atoms with van der Waals surface area (Å²) in [6, 6.07) is 11.4. The van der Waals surface area contributed by atoms with E-state index in [2.05, 4.69) is 21.2 Å². The molecule has 1 atom stereocenters. The van der Waals surface area contributed by atoms with Gasteiger partial charge in [0.05, 0.1) is 13.7 Å². The van der Waals surface area contributed by atoms with Crippen molar-refractivity contribution in [2.24, 2.45) is 0 Å². The highest BCUT2D eigenvalue weighted by atomic mass is 79.9. The van der Waals surface area contributed by atoms with Crippen molar-refractivity contribution < 1.29 is 14.6 Å². The monoisotopic (exact) mass is 427 g/mol. The molecule has 2 aromatic carbocycles. The van der Waals surface area contributed by atoms with E-state index < -0.39 is 0 Å². The Bertz CT molecular complexity index is 692. The number of rotatable bonds is 9. The highest BCUT2D eigenvalue weighted by Crippen LogP contribution is 2.37. The van der Waals surface area contributed by atoms with E-state index in [0.717, 1.165) is 22.0 Å². The average molecular weight is 429 g/mol. The summed E-state index contributed by atoms with van der Waals surface area (Å²) in [7, 11) is 1.62. The van der Waals surface area contributed by atoms with Crippen LogP contribution in [0.5, 0.6) is 11.5 Å². The Morgan fingerprint density at radius 2 is 2.00 bits per heavy atom. The van der Waals surface area contributed by atoms with Gasteiger partial charge in [-0.05, 0) is 24.6 Å². The lowest BCUT2D eigenvalue weighted by atomic mass is 10.1. The molecule has 136 valence electrons. The predicted molar refractivity (Wildman–Crippen MR) is 104 cm³/mol. The number of halogens is 2. The van der Waals surface area contributed by atoms with Gasteiger partial charge >= 0.3 is 0 Å². The van der Waals surface area contributed by atoms with E-state index >= 15 is 0 Å². The minimum atomic E-state index is 0.0366. The van der Waals surface area contributed by atoms with Crippen molar-refractivity contribution in [1.82, 2.24) is 5.32 Å². The molecule has 0 saturated carbocycles. The van der Waals surface area contributed by atoms with Crippen LogP contribution in [0.4, 0.5) is 0 Å². The van der Waals surface area contributed by atoms with Crippen molar-refractivity contribution in [2.45, 2.75) is 32.5 Å². The van der Waals surface area contributed by atoms with Gasteiger partial charge in [-0.1, -0.05) is 52.7 Å². The topological polar surface area (TPSA) is 50.7 Å². The number of methoxy groups -OCH3 is 1. The third kappa shape index (κ3) is 5.35. The van der Waals surface area contributed by atoms with Gasteiger partial charge in [0, 0.05) is 33.2 Å². The second kappa shape index (κ2) is 10.0.